The van der Waals surface area contributed by atoms with Gasteiger partial charge in [-0.2, -0.15) is 0 Å². The first-order valence-corrected chi connectivity index (χ1v) is 11.8. The topological polar surface area (TPSA) is 72.7 Å². The van der Waals surface area contributed by atoms with Crippen molar-refractivity contribution < 1.29 is 4.79 Å². The van der Waals surface area contributed by atoms with Crippen LogP contribution in [-0.2, 0) is 11.3 Å². The van der Waals surface area contributed by atoms with Crippen LogP contribution in [0.2, 0.25) is 0 Å². The maximum atomic E-state index is 12.3. The van der Waals surface area contributed by atoms with Gasteiger partial charge in [-0.3, -0.25) is 4.79 Å². The lowest BCUT2D eigenvalue weighted by Crippen LogP contribution is -2.15. The fourth-order valence-corrected chi connectivity index (χ4v) is 4.87. The molecule has 4 rings (SSSR count). The standard InChI is InChI=1S/C20H18BrN5OS2/c1-2-9-26-19(15-11-28-16-6-4-3-5-14(15)16)24-25-20(26)29-12-18(27)23-17-8-7-13(21)10-22-17/h3-8,10-11H,2,9,12H2,1H3,(H,22,23,27). The molecule has 1 N–H and O–H groups in total. The van der Waals surface area contributed by atoms with Crippen molar-refractivity contribution in [3.05, 3.63) is 52.4 Å². The highest BCUT2D eigenvalue weighted by molar-refractivity contribution is 9.10. The van der Waals surface area contributed by atoms with E-state index in [0.29, 0.717) is 5.82 Å². The molecule has 0 saturated heterocycles. The molecule has 0 saturated carbocycles. The second-order valence-electron chi connectivity index (χ2n) is 6.30. The Balaban J connectivity index is 1.52. The van der Waals surface area contributed by atoms with Crippen molar-refractivity contribution in [1.82, 2.24) is 19.7 Å². The average molecular weight is 488 g/mol. The molecule has 0 fully saturated rings. The van der Waals surface area contributed by atoms with Gasteiger partial charge in [-0.1, -0.05) is 36.9 Å². The molecule has 0 aliphatic carbocycles. The molecule has 1 amide bonds. The number of hydrogen-bond acceptors (Lipinski definition) is 6. The first-order chi connectivity index (χ1) is 14.2. The first-order valence-electron chi connectivity index (χ1n) is 9.09. The van der Waals surface area contributed by atoms with Gasteiger partial charge in [0.15, 0.2) is 11.0 Å². The second-order valence-corrected chi connectivity index (χ2v) is 9.07. The van der Waals surface area contributed by atoms with Gasteiger partial charge in [0.05, 0.1) is 5.75 Å². The van der Waals surface area contributed by atoms with Crippen LogP contribution in [0, 0.1) is 0 Å². The molecule has 0 spiro atoms. The smallest absolute Gasteiger partial charge is 0.236 e. The third kappa shape index (κ3) is 4.52. The number of nitrogens with zero attached hydrogens (tertiary/aromatic N) is 4. The lowest BCUT2D eigenvalue weighted by atomic mass is 10.1. The van der Waals surface area contributed by atoms with E-state index < -0.39 is 0 Å². The predicted molar refractivity (Wildman–Crippen MR) is 122 cm³/mol. The summed E-state index contributed by atoms with van der Waals surface area (Å²) in [5.41, 5.74) is 1.09. The van der Waals surface area contributed by atoms with Gasteiger partial charge in [-0.15, -0.1) is 21.5 Å². The number of fused-ring (bicyclic) bond motifs is 1. The van der Waals surface area contributed by atoms with E-state index in [1.807, 2.05) is 18.2 Å². The molecule has 29 heavy (non-hydrogen) atoms. The van der Waals surface area contributed by atoms with Crippen LogP contribution >= 0.6 is 39.0 Å². The minimum atomic E-state index is -0.126. The van der Waals surface area contributed by atoms with Crippen molar-refractivity contribution in [2.24, 2.45) is 0 Å². The van der Waals surface area contributed by atoms with Gasteiger partial charge in [0.1, 0.15) is 5.82 Å². The van der Waals surface area contributed by atoms with Crippen LogP contribution in [0.25, 0.3) is 21.5 Å². The zero-order valence-corrected chi connectivity index (χ0v) is 18.9. The number of rotatable bonds is 7. The highest BCUT2D eigenvalue weighted by Crippen LogP contribution is 2.34. The summed E-state index contributed by atoms with van der Waals surface area (Å²) >= 11 is 6.42. The van der Waals surface area contributed by atoms with Crippen LogP contribution in [0.1, 0.15) is 13.3 Å². The van der Waals surface area contributed by atoms with Gasteiger partial charge in [-0.05, 0) is 40.5 Å². The van der Waals surface area contributed by atoms with Gasteiger partial charge >= 0.3 is 0 Å². The average Bonchev–Trinajstić information content (AvgIpc) is 3.32. The number of carbonyl (C=O) groups excluding carboxylic acids is 1. The number of anilines is 1. The van der Waals surface area contributed by atoms with Crippen LogP contribution < -0.4 is 5.32 Å². The number of pyridine rings is 1. The van der Waals surface area contributed by atoms with Crippen molar-refractivity contribution in [2.75, 3.05) is 11.1 Å². The van der Waals surface area contributed by atoms with Crippen molar-refractivity contribution in [3.63, 3.8) is 0 Å². The first kappa shape index (κ1) is 20.1. The third-order valence-corrected chi connectivity index (χ3v) is 6.61. The summed E-state index contributed by atoms with van der Waals surface area (Å²) in [6.07, 6.45) is 2.60. The van der Waals surface area contributed by atoms with Gasteiger partial charge in [0.2, 0.25) is 5.91 Å². The molecule has 1 aromatic carbocycles. The number of amides is 1. The Morgan fingerprint density at radius 2 is 2.10 bits per heavy atom. The number of nitrogens with one attached hydrogen (secondary N) is 1. The molecule has 6 nitrogen and oxygen atoms in total. The van der Waals surface area contributed by atoms with E-state index in [-0.39, 0.29) is 11.7 Å². The highest BCUT2D eigenvalue weighted by atomic mass is 79.9. The van der Waals surface area contributed by atoms with Crippen LogP contribution in [0.5, 0.6) is 0 Å². The summed E-state index contributed by atoms with van der Waals surface area (Å²) < 4.78 is 4.19. The molecule has 3 aromatic heterocycles. The summed E-state index contributed by atoms with van der Waals surface area (Å²) in [7, 11) is 0. The van der Waals surface area contributed by atoms with Gasteiger partial charge < -0.3 is 9.88 Å². The Kier molecular flexibility index (Phi) is 6.27. The van der Waals surface area contributed by atoms with Crippen LogP contribution in [0.3, 0.4) is 0 Å². The Morgan fingerprint density at radius 3 is 2.90 bits per heavy atom. The highest BCUT2D eigenvalue weighted by Gasteiger charge is 2.18. The molecular formula is C20H18BrN5OS2. The Morgan fingerprint density at radius 1 is 1.24 bits per heavy atom. The molecule has 3 heterocycles. The molecular weight excluding hydrogens is 470 g/mol. The van der Waals surface area contributed by atoms with Crippen LogP contribution in [0.4, 0.5) is 5.82 Å². The summed E-state index contributed by atoms with van der Waals surface area (Å²) in [5.74, 6) is 1.49. The predicted octanol–water partition coefficient (Wildman–Crippen LogP) is 5.46. The van der Waals surface area contributed by atoms with Crippen molar-refractivity contribution >= 4 is 60.8 Å². The monoisotopic (exact) mass is 487 g/mol. The van der Waals surface area contributed by atoms with Crippen molar-refractivity contribution in [2.45, 2.75) is 25.0 Å². The van der Waals surface area contributed by atoms with E-state index in [0.717, 1.165) is 34.0 Å². The molecule has 0 unspecified atom stereocenters. The number of hydrogen-bond donors (Lipinski definition) is 1. The number of halogens is 1. The van der Waals surface area contributed by atoms with E-state index in [4.69, 9.17) is 0 Å². The minimum Gasteiger partial charge on any atom is -0.310 e. The maximum Gasteiger partial charge on any atom is 0.236 e. The maximum absolute atomic E-state index is 12.3. The minimum absolute atomic E-state index is 0.126. The summed E-state index contributed by atoms with van der Waals surface area (Å²) in [5, 5.41) is 15.7. The summed E-state index contributed by atoms with van der Waals surface area (Å²) in [4.78, 5) is 16.5. The molecule has 0 aliphatic rings. The number of benzene rings is 1. The SMILES string of the molecule is CCCn1c(SCC(=O)Nc2ccc(Br)cn2)nnc1-c1csc2ccccc12. The number of thiophene rings is 1. The molecule has 4 aromatic rings. The third-order valence-electron chi connectivity index (χ3n) is 4.21. The number of thioether (sulfide) groups is 1. The van der Waals surface area contributed by atoms with E-state index in [9.17, 15) is 4.79 Å². The quantitative estimate of drug-likeness (QED) is 0.350. The number of aromatic nitrogens is 4. The van der Waals surface area contributed by atoms with Crippen LogP contribution in [-0.4, -0.2) is 31.4 Å². The van der Waals surface area contributed by atoms with E-state index >= 15 is 0 Å². The van der Waals surface area contributed by atoms with Crippen molar-refractivity contribution in [3.8, 4) is 11.4 Å². The second kappa shape index (κ2) is 9.06. The fraction of sp³-hybridized carbons (Fsp3) is 0.200. The van der Waals surface area contributed by atoms with Crippen LogP contribution in [0.15, 0.2) is 57.6 Å². The Labute approximate surface area is 184 Å². The van der Waals surface area contributed by atoms with E-state index in [1.165, 1.54) is 21.8 Å². The van der Waals surface area contributed by atoms with Gasteiger partial charge in [-0.25, -0.2) is 4.98 Å². The lowest BCUT2D eigenvalue weighted by Gasteiger charge is -2.09. The van der Waals surface area contributed by atoms with Gasteiger partial charge in [0.25, 0.3) is 0 Å². The van der Waals surface area contributed by atoms with E-state index in [2.05, 4.69) is 65.4 Å². The van der Waals surface area contributed by atoms with Crippen molar-refractivity contribution in [1.29, 1.82) is 0 Å². The Bertz CT molecular complexity index is 1140. The van der Waals surface area contributed by atoms with E-state index in [1.54, 1.807) is 23.6 Å². The number of carbonyl (C=O) groups is 1. The molecule has 0 aliphatic heterocycles. The fourth-order valence-electron chi connectivity index (χ4n) is 2.93. The zero-order valence-electron chi connectivity index (χ0n) is 15.6. The molecule has 0 bridgehead atoms. The molecule has 9 heteroatoms. The summed E-state index contributed by atoms with van der Waals surface area (Å²) in [6.45, 7) is 2.92. The normalized spacial score (nSPS) is 11.1. The Hall–Kier alpha value is -2.23. The summed E-state index contributed by atoms with van der Waals surface area (Å²) in [6, 6.07) is 11.9. The molecule has 0 atom stereocenters. The molecule has 0 radical (unpaired) electrons. The molecule has 148 valence electrons. The zero-order chi connectivity index (χ0) is 20.2. The van der Waals surface area contributed by atoms with Gasteiger partial charge in [0, 0.05) is 38.2 Å². The largest absolute Gasteiger partial charge is 0.310 e. The lowest BCUT2D eigenvalue weighted by molar-refractivity contribution is -0.113.